The summed E-state index contributed by atoms with van der Waals surface area (Å²) >= 11 is 6.70. The molecule has 0 amide bonds. The van der Waals surface area contributed by atoms with Crippen molar-refractivity contribution in [1.29, 1.82) is 0 Å². The predicted octanol–water partition coefficient (Wildman–Crippen LogP) is 3.34. The van der Waals surface area contributed by atoms with Crippen LogP contribution in [0.3, 0.4) is 0 Å². The van der Waals surface area contributed by atoms with Crippen LogP contribution >= 0.6 is 31.9 Å². The molecule has 0 spiro atoms. The van der Waals surface area contributed by atoms with E-state index < -0.39 is 0 Å². The first-order chi connectivity index (χ1) is 6.09. The van der Waals surface area contributed by atoms with Gasteiger partial charge in [0.1, 0.15) is 5.78 Å². The van der Waals surface area contributed by atoms with Crippen LogP contribution < -0.4 is 0 Å². The van der Waals surface area contributed by atoms with Crippen molar-refractivity contribution in [3.63, 3.8) is 0 Å². The molecule has 1 unspecified atom stereocenters. The van der Waals surface area contributed by atoms with Gasteiger partial charge in [0.2, 0.25) is 0 Å². The van der Waals surface area contributed by atoms with Gasteiger partial charge in [-0.25, -0.2) is 0 Å². The summed E-state index contributed by atoms with van der Waals surface area (Å²) in [5.74, 6) is 0.169. The average Bonchev–Trinajstić information content (AvgIpc) is 2.08. The van der Waals surface area contributed by atoms with Crippen LogP contribution in [0.2, 0.25) is 0 Å². The summed E-state index contributed by atoms with van der Waals surface area (Å²) < 4.78 is 1.06. The van der Waals surface area contributed by atoms with Crippen molar-refractivity contribution >= 4 is 37.6 Å². The molecule has 0 saturated carbocycles. The quantitative estimate of drug-likeness (QED) is 0.783. The Bertz CT molecular complexity index is 292. The third-order valence-electron chi connectivity index (χ3n) is 1.77. The van der Waals surface area contributed by atoms with E-state index in [9.17, 15) is 4.79 Å². The first kappa shape index (κ1) is 10.9. The summed E-state index contributed by atoms with van der Waals surface area (Å²) in [7, 11) is 0. The van der Waals surface area contributed by atoms with E-state index in [2.05, 4.69) is 31.9 Å². The van der Waals surface area contributed by atoms with E-state index in [0.717, 1.165) is 10.9 Å². The van der Waals surface area contributed by atoms with E-state index in [-0.39, 0.29) is 10.6 Å². The summed E-state index contributed by atoms with van der Waals surface area (Å²) in [6, 6.07) is 7.99. The molecule has 0 aromatic heterocycles. The van der Waals surface area contributed by atoms with Gasteiger partial charge in [0.05, 0.1) is 4.83 Å². The zero-order valence-corrected chi connectivity index (χ0v) is 10.4. The highest BCUT2D eigenvalue weighted by Gasteiger charge is 2.09. The number of hydrogen-bond donors (Lipinski definition) is 0. The molecule has 1 rings (SSSR count). The smallest absolute Gasteiger partial charge is 0.143 e. The van der Waals surface area contributed by atoms with Gasteiger partial charge >= 0.3 is 0 Å². The van der Waals surface area contributed by atoms with Gasteiger partial charge in [-0.3, -0.25) is 4.79 Å². The van der Waals surface area contributed by atoms with E-state index in [1.165, 1.54) is 5.56 Å². The molecule has 0 aliphatic heterocycles. The van der Waals surface area contributed by atoms with Crippen LogP contribution in [0.15, 0.2) is 28.7 Å². The summed E-state index contributed by atoms with van der Waals surface area (Å²) in [4.78, 5) is 10.9. The molecule has 0 bridgehead atoms. The fourth-order valence-corrected chi connectivity index (χ4v) is 1.61. The van der Waals surface area contributed by atoms with Gasteiger partial charge in [-0.1, -0.05) is 44.0 Å². The minimum atomic E-state index is -0.0614. The maximum Gasteiger partial charge on any atom is 0.143 e. The van der Waals surface area contributed by atoms with Crippen LogP contribution in [-0.2, 0) is 11.2 Å². The first-order valence-corrected chi connectivity index (χ1v) is 5.69. The Hall–Kier alpha value is -0.150. The molecule has 0 aliphatic rings. The van der Waals surface area contributed by atoms with Crippen LogP contribution in [0.1, 0.15) is 12.5 Å². The number of rotatable bonds is 3. The van der Waals surface area contributed by atoms with E-state index in [1.807, 2.05) is 24.3 Å². The van der Waals surface area contributed by atoms with E-state index in [0.29, 0.717) is 0 Å². The molecule has 0 aliphatic carbocycles. The summed E-state index contributed by atoms with van der Waals surface area (Å²) in [5, 5.41) is 0. The third-order valence-corrected chi connectivity index (χ3v) is 3.27. The Morgan fingerprint density at radius 1 is 1.38 bits per heavy atom. The molecule has 3 heteroatoms. The van der Waals surface area contributed by atoms with E-state index >= 15 is 0 Å². The molecule has 0 saturated heterocycles. The highest BCUT2D eigenvalue weighted by molar-refractivity contribution is 9.10. The topological polar surface area (TPSA) is 17.1 Å². The minimum Gasteiger partial charge on any atom is -0.299 e. The Morgan fingerprint density at radius 3 is 2.38 bits per heavy atom. The highest BCUT2D eigenvalue weighted by atomic mass is 79.9. The van der Waals surface area contributed by atoms with Crippen molar-refractivity contribution in [2.24, 2.45) is 0 Å². The average molecular weight is 306 g/mol. The van der Waals surface area contributed by atoms with Crippen molar-refractivity contribution in [3.8, 4) is 0 Å². The number of halogens is 2. The van der Waals surface area contributed by atoms with E-state index in [1.54, 1.807) is 6.92 Å². The van der Waals surface area contributed by atoms with Gasteiger partial charge in [0.25, 0.3) is 0 Å². The van der Waals surface area contributed by atoms with Gasteiger partial charge in [0, 0.05) is 4.47 Å². The van der Waals surface area contributed by atoms with Gasteiger partial charge in [-0.2, -0.15) is 0 Å². The Balaban J connectivity index is 2.64. The Morgan fingerprint density at radius 2 is 1.92 bits per heavy atom. The van der Waals surface area contributed by atoms with Crippen molar-refractivity contribution in [3.05, 3.63) is 34.3 Å². The predicted molar refractivity (Wildman–Crippen MR) is 61.2 cm³/mol. The first-order valence-electron chi connectivity index (χ1n) is 3.98. The summed E-state index contributed by atoms with van der Waals surface area (Å²) in [6.45, 7) is 1.60. The second kappa shape index (κ2) is 4.91. The molecule has 0 heterocycles. The Kier molecular flexibility index (Phi) is 4.13. The molecular formula is C10H10Br2O. The maximum absolute atomic E-state index is 11.0. The number of hydrogen-bond acceptors (Lipinski definition) is 1. The fourth-order valence-electron chi connectivity index (χ4n) is 0.971. The number of alkyl halides is 1. The number of ketones is 1. The van der Waals surface area contributed by atoms with Crippen molar-refractivity contribution in [1.82, 2.24) is 0 Å². The second-order valence-corrected chi connectivity index (χ2v) is 4.93. The molecule has 13 heavy (non-hydrogen) atoms. The SMILES string of the molecule is CC(=O)C(Br)Cc1ccc(Br)cc1. The molecule has 70 valence electrons. The van der Waals surface area contributed by atoms with Gasteiger partial charge in [-0.15, -0.1) is 0 Å². The fraction of sp³-hybridized carbons (Fsp3) is 0.300. The molecule has 1 atom stereocenters. The van der Waals surface area contributed by atoms with Gasteiger partial charge in [-0.05, 0) is 31.0 Å². The Labute approximate surface area is 94.8 Å². The zero-order chi connectivity index (χ0) is 9.84. The molecule has 0 fully saturated rings. The van der Waals surface area contributed by atoms with Crippen LogP contribution in [0.4, 0.5) is 0 Å². The van der Waals surface area contributed by atoms with Crippen LogP contribution in [0, 0.1) is 0 Å². The maximum atomic E-state index is 11.0. The normalized spacial score (nSPS) is 12.5. The number of carbonyl (C=O) groups excluding carboxylic acids is 1. The molecule has 1 nitrogen and oxygen atoms in total. The standard InChI is InChI=1S/C10H10Br2O/c1-7(13)10(12)6-8-2-4-9(11)5-3-8/h2-5,10H,6H2,1H3. The highest BCUT2D eigenvalue weighted by Crippen LogP contribution is 2.14. The van der Waals surface area contributed by atoms with Gasteiger partial charge in [0.15, 0.2) is 0 Å². The number of benzene rings is 1. The molecule has 1 aromatic carbocycles. The summed E-state index contributed by atoms with van der Waals surface area (Å²) in [5.41, 5.74) is 1.17. The molecular weight excluding hydrogens is 296 g/mol. The van der Waals surface area contributed by atoms with Crippen LogP contribution in [0.5, 0.6) is 0 Å². The van der Waals surface area contributed by atoms with Crippen LogP contribution in [-0.4, -0.2) is 10.6 Å². The zero-order valence-electron chi connectivity index (χ0n) is 7.26. The van der Waals surface area contributed by atoms with Crippen molar-refractivity contribution < 1.29 is 4.79 Å². The van der Waals surface area contributed by atoms with Crippen LogP contribution in [0.25, 0.3) is 0 Å². The number of Topliss-reactive ketones (excluding diaryl/α,β-unsaturated/α-hetero) is 1. The third kappa shape index (κ3) is 3.61. The molecule has 0 N–H and O–H groups in total. The number of carbonyl (C=O) groups is 1. The molecule has 1 aromatic rings. The van der Waals surface area contributed by atoms with E-state index in [4.69, 9.17) is 0 Å². The second-order valence-electron chi connectivity index (χ2n) is 2.91. The van der Waals surface area contributed by atoms with Gasteiger partial charge < -0.3 is 0 Å². The minimum absolute atomic E-state index is 0.0614. The van der Waals surface area contributed by atoms with Crippen molar-refractivity contribution in [2.75, 3.05) is 0 Å². The van der Waals surface area contributed by atoms with Crippen molar-refractivity contribution in [2.45, 2.75) is 18.2 Å². The monoisotopic (exact) mass is 304 g/mol. The molecule has 0 radical (unpaired) electrons. The largest absolute Gasteiger partial charge is 0.299 e. The lowest BCUT2D eigenvalue weighted by Crippen LogP contribution is -2.12. The lowest BCUT2D eigenvalue weighted by molar-refractivity contribution is -0.116. The lowest BCUT2D eigenvalue weighted by Gasteiger charge is -2.05. The lowest BCUT2D eigenvalue weighted by atomic mass is 10.1. The summed E-state index contributed by atoms with van der Waals surface area (Å²) in [6.07, 6.45) is 0.753.